The Balaban J connectivity index is 1.65. The lowest BCUT2D eigenvalue weighted by Gasteiger charge is -2.35. The van der Waals surface area contributed by atoms with E-state index in [2.05, 4.69) is 27.1 Å². The van der Waals surface area contributed by atoms with E-state index in [9.17, 15) is 9.59 Å². The topological polar surface area (TPSA) is 89.5 Å². The van der Waals surface area contributed by atoms with Crippen LogP contribution >= 0.6 is 0 Å². The fourth-order valence-electron chi connectivity index (χ4n) is 3.49. The third-order valence-electron chi connectivity index (χ3n) is 4.86. The van der Waals surface area contributed by atoms with Gasteiger partial charge in [-0.3, -0.25) is 20.0 Å². The van der Waals surface area contributed by atoms with E-state index in [0.717, 1.165) is 44.8 Å². The Morgan fingerprint density at radius 3 is 2.77 bits per heavy atom. The summed E-state index contributed by atoms with van der Waals surface area (Å²) in [5.74, 6) is 0.354. The van der Waals surface area contributed by atoms with Gasteiger partial charge in [0, 0.05) is 39.8 Å². The van der Waals surface area contributed by atoms with Crippen molar-refractivity contribution in [2.75, 3.05) is 53.0 Å². The summed E-state index contributed by atoms with van der Waals surface area (Å²) in [5.41, 5.74) is 0.931. The van der Waals surface area contributed by atoms with Crippen LogP contribution in [-0.2, 0) is 9.53 Å². The summed E-state index contributed by atoms with van der Waals surface area (Å²) in [7, 11) is 1.67. The zero-order valence-corrected chi connectivity index (χ0v) is 15.5. The molecule has 26 heavy (non-hydrogen) atoms. The van der Waals surface area contributed by atoms with E-state index in [1.165, 1.54) is 4.90 Å². The number of imide groups is 1. The van der Waals surface area contributed by atoms with Crippen molar-refractivity contribution < 1.29 is 14.3 Å². The number of nitrogens with one attached hydrogen (secondary N) is 2. The van der Waals surface area contributed by atoms with E-state index in [1.807, 2.05) is 11.8 Å². The number of carbonyl (C=O) groups excluding carboxylic acids is 2. The molecule has 0 aromatic carbocycles. The lowest BCUT2D eigenvalue weighted by atomic mass is 10.1. The number of guanidine groups is 1. The van der Waals surface area contributed by atoms with Gasteiger partial charge in [-0.15, -0.1) is 0 Å². The monoisotopic (exact) mass is 364 g/mol. The van der Waals surface area contributed by atoms with Crippen LogP contribution in [0.3, 0.4) is 0 Å². The van der Waals surface area contributed by atoms with Crippen molar-refractivity contribution in [3.05, 3.63) is 12.2 Å². The molecule has 0 bridgehead atoms. The molecule has 3 fully saturated rings. The molecule has 3 saturated heterocycles. The van der Waals surface area contributed by atoms with Gasteiger partial charge >= 0.3 is 6.03 Å². The Kier molecular flexibility index (Phi) is 5.77. The largest absolute Gasteiger partial charge is 0.379 e. The second kappa shape index (κ2) is 8.05. The Morgan fingerprint density at radius 2 is 2.08 bits per heavy atom. The summed E-state index contributed by atoms with van der Waals surface area (Å²) in [5, 5.41) is 5.64. The van der Waals surface area contributed by atoms with Crippen molar-refractivity contribution in [2.45, 2.75) is 25.6 Å². The Bertz CT molecular complexity index is 601. The smallest absolute Gasteiger partial charge is 0.325 e. The Hall–Kier alpha value is -2.13. The van der Waals surface area contributed by atoms with Crippen LogP contribution in [0.4, 0.5) is 4.79 Å². The molecule has 3 amide bonds. The average molecular weight is 364 g/mol. The molecule has 3 aliphatic heterocycles. The summed E-state index contributed by atoms with van der Waals surface area (Å²) in [6.45, 7) is 11.5. The fourth-order valence-corrected chi connectivity index (χ4v) is 3.49. The number of amides is 3. The summed E-state index contributed by atoms with van der Waals surface area (Å²) in [4.78, 5) is 34.7. The highest BCUT2D eigenvalue weighted by molar-refractivity contribution is 6.04. The van der Waals surface area contributed by atoms with Crippen molar-refractivity contribution in [1.82, 2.24) is 25.3 Å². The van der Waals surface area contributed by atoms with E-state index >= 15 is 0 Å². The second-order valence-corrected chi connectivity index (χ2v) is 7.04. The van der Waals surface area contributed by atoms with Gasteiger partial charge in [0.05, 0.1) is 13.2 Å². The standard InChI is InChI=1S/C17H28N6O3/c1-12(2)11-23-13-14(21(3)17(25)20-15(13)24)19-16(23)18-5-4-6-22-7-9-26-10-8-22/h13-14H,1,4-11H2,2-3H3,(H,18,19)(H,20,24,25). The molecule has 3 rings (SSSR count). The minimum Gasteiger partial charge on any atom is -0.379 e. The van der Waals surface area contributed by atoms with Crippen molar-refractivity contribution >= 4 is 17.9 Å². The number of morpholine rings is 1. The van der Waals surface area contributed by atoms with Gasteiger partial charge in [-0.25, -0.2) is 4.79 Å². The number of urea groups is 1. The molecule has 0 aliphatic carbocycles. The predicted octanol–water partition coefficient (Wildman–Crippen LogP) is -0.578. The number of carbonyl (C=O) groups is 2. The normalized spacial score (nSPS) is 28.2. The minimum absolute atomic E-state index is 0.301. The van der Waals surface area contributed by atoms with Crippen molar-refractivity contribution in [3.8, 4) is 0 Å². The van der Waals surface area contributed by atoms with Gasteiger partial charge in [0.2, 0.25) is 0 Å². The van der Waals surface area contributed by atoms with Crippen LogP contribution in [0, 0.1) is 0 Å². The van der Waals surface area contributed by atoms with Crippen LogP contribution in [0.1, 0.15) is 13.3 Å². The van der Waals surface area contributed by atoms with Gasteiger partial charge in [0.25, 0.3) is 5.91 Å². The molecule has 2 atom stereocenters. The molecule has 2 unspecified atom stereocenters. The number of rotatable bonds is 6. The summed E-state index contributed by atoms with van der Waals surface area (Å²) in [6.07, 6.45) is 0.524. The molecule has 0 radical (unpaired) electrons. The average Bonchev–Trinajstić information content (AvgIpc) is 2.96. The van der Waals surface area contributed by atoms with Crippen molar-refractivity contribution in [3.63, 3.8) is 0 Å². The molecular formula is C17H28N6O3. The van der Waals surface area contributed by atoms with E-state index < -0.39 is 18.2 Å². The van der Waals surface area contributed by atoms with Crippen LogP contribution in [0.5, 0.6) is 0 Å². The maximum Gasteiger partial charge on any atom is 0.325 e. The molecule has 144 valence electrons. The van der Waals surface area contributed by atoms with Crippen molar-refractivity contribution in [2.24, 2.45) is 4.99 Å². The van der Waals surface area contributed by atoms with Crippen LogP contribution in [0.2, 0.25) is 0 Å². The van der Waals surface area contributed by atoms with E-state index in [-0.39, 0.29) is 5.91 Å². The Labute approximate surface area is 154 Å². The van der Waals surface area contributed by atoms with Gasteiger partial charge in [0.1, 0.15) is 6.17 Å². The van der Waals surface area contributed by atoms with Gasteiger partial charge in [0.15, 0.2) is 12.0 Å². The number of likely N-dealkylation sites (N-methyl/N-ethyl adjacent to an activating group) is 1. The lowest BCUT2D eigenvalue weighted by molar-refractivity contribution is -0.126. The number of hydrogen-bond acceptors (Lipinski definition) is 5. The number of nitrogens with zero attached hydrogens (tertiary/aromatic N) is 4. The summed E-state index contributed by atoms with van der Waals surface area (Å²) < 4.78 is 5.36. The highest BCUT2D eigenvalue weighted by Gasteiger charge is 2.49. The maximum atomic E-state index is 12.4. The van der Waals surface area contributed by atoms with Gasteiger partial charge in [-0.2, -0.15) is 0 Å². The maximum absolute atomic E-state index is 12.4. The molecule has 3 heterocycles. The zero-order valence-electron chi connectivity index (χ0n) is 15.5. The molecule has 3 aliphatic rings. The van der Waals surface area contributed by atoms with Crippen LogP contribution < -0.4 is 10.6 Å². The third-order valence-corrected chi connectivity index (χ3v) is 4.86. The molecule has 0 saturated carbocycles. The van der Waals surface area contributed by atoms with Gasteiger partial charge in [-0.05, 0) is 13.3 Å². The van der Waals surface area contributed by atoms with Gasteiger partial charge < -0.3 is 19.9 Å². The molecule has 9 nitrogen and oxygen atoms in total. The highest BCUT2D eigenvalue weighted by Crippen LogP contribution is 2.21. The molecule has 9 heteroatoms. The first kappa shape index (κ1) is 18.7. The lowest BCUT2D eigenvalue weighted by Crippen LogP contribution is -2.64. The number of ether oxygens (including phenoxy) is 1. The second-order valence-electron chi connectivity index (χ2n) is 7.04. The van der Waals surface area contributed by atoms with Crippen LogP contribution in [0.25, 0.3) is 0 Å². The predicted molar refractivity (Wildman–Crippen MR) is 97.7 cm³/mol. The quantitative estimate of drug-likeness (QED) is 0.484. The van der Waals surface area contributed by atoms with Crippen LogP contribution in [0.15, 0.2) is 17.1 Å². The first-order valence-electron chi connectivity index (χ1n) is 9.07. The highest BCUT2D eigenvalue weighted by atomic mass is 16.5. The zero-order chi connectivity index (χ0) is 18.7. The van der Waals surface area contributed by atoms with E-state index in [0.29, 0.717) is 19.0 Å². The van der Waals surface area contributed by atoms with E-state index in [4.69, 9.17) is 4.74 Å². The minimum atomic E-state index is -0.493. The first-order chi connectivity index (χ1) is 12.5. The Morgan fingerprint density at radius 1 is 1.35 bits per heavy atom. The number of aliphatic imine (C=N–C) groups is 1. The summed E-state index contributed by atoms with van der Waals surface area (Å²) >= 11 is 0. The number of fused-ring (bicyclic) bond motifs is 1. The van der Waals surface area contributed by atoms with Gasteiger partial charge in [-0.1, -0.05) is 12.2 Å². The fraction of sp³-hybridized carbons (Fsp3) is 0.706. The number of hydrogen-bond donors (Lipinski definition) is 2. The molecule has 0 aromatic heterocycles. The first-order valence-corrected chi connectivity index (χ1v) is 9.07. The molecule has 0 spiro atoms. The SMILES string of the molecule is C=C(C)CN1C(=NCCCN2CCOCC2)NC2C1C(=O)NC(=O)N2C. The van der Waals surface area contributed by atoms with E-state index in [1.54, 1.807) is 7.05 Å². The molecule has 2 N–H and O–H groups in total. The molecule has 0 aromatic rings. The molecular weight excluding hydrogens is 336 g/mol. The third kappa shape index (κ3) is 3.99. The summed E-state index contributed by atoms with van der Waals surface area (Å²) in [6, 6.07) is -0.889. The van der Waals surface area contributed by atoms with Crippen LogP contribution in [-0.4, -0.2) is 97.8 Å². The van der Waals surface area contributed by atoms with Crippen molar-refractivity contribution in [1.29, 1.82) is 0 Å².